The maximum Gasteiger partial charge on any atom is 0.0400 e. The Morgan fingerprint density at radius 2 is 1.67 bits per heavy atom. The monoisotopic (exact) mass is 238 g/mol. The highest BCUT2D eigenvalue weighted by Gasteiger charge is 2.13. The number of fused-ring (bicyclic) bond motifs is 1. The van der Waals surface area contributed by atoms with E-state index in [1.807, 2.05) is 6.20 Å². The first-order valence-electron chi connectivity index (χ1n) is 6.57. The Morgan fingerprint density at radius 1 is 1.00 bits per heavy atom. The van der Waals surface area contributed by atoms with Gasteiger partial charge in [-0.3, -0.25) is 4.98 Å². The molecular weight excluding hydrogens is 220 g/mol. The van der Waals surface area contributed by atoms with E-state index < -0.39 is 0 Å². The molecule has 2 aromatic rings. The fourth-order valence-corrected chi connectivity index (χ4v) is 2.65. The van der Waals surface area contributed by atoms with E-state index in [1.54, 1.807) is 0 Å². The van der Waals surface area contributed by atoms with Gasteiger partial charge in [-0.05, 0) is 43.0 Å². The molecule has 0 bridgehead atoms. The summed E-state index contributed by atoms with van der Waals surface area (Å²) in [5.41, 5.74) is 5.40. The van der Waals surface area contributed by atoms with Gasteiger partial charge in [0, 0.05) is 30.7 Å². The summed E-state index contributed by atoms with van der Waals surface area (Å²) in [6.45, 7) is 4.25. The largest absolute Gasteiger partial charge is 0.371 e. The molecule has 92 valence electrons. The Bertz CT molecular complexity index is 521. The lowest BCUT2D eigenvalue weighted by atomic mass is 10.0. The van der Waals surface area contributed by atoms with Crippen molar-refractivity contribution in [2.75, 3.05) is 18.0 Å². The van der Waals surface area contributed by atoms with Gasteiger partial charge in [0.05, 0.1) is 0 Å². The van der Waals surface area contributed by atoms with Crippen LogP contribution in [-0.2, 0) is 12.8 Å². The van der Waals surface area contributed by atoms with Gasteiger partial charge in [-0.1, -0.05) is 24.3 Å². The number of aryl methyl sites for hydroxylation is 1. The lowest BCUT2D eigenvalue weighted by Gasteiger charge is -2.22. The molecule has 18 heavy (non-hydrogen) atoms. The van der Waals surface area contributed by atoms with Crippen molar-refractivity contribution >= 4 is 5.69 Å². The average Bonchev–Trinajstić information content (AvgIpc) is 2.61. The molecule has 2 heterocycles. The van der Waals surface area contributed by atoms with Crippen LogP contribution in [0.15, 0.2) is 42.6 Å². The maximum atomic E-state index is 4.27. The molecule has 0 amide bonds. The van der Waals surface area contributed by atoms with E-state index in [1.165, 1.54) is 16.8 Å². The molecule has 0 atom stereocenters. The fourth-order valence-electron chi connectivity index (χ4n) is 2.65. The summed E-state index contributed by atoms with van der Waals surface area (Å²) >= 11 is 0. The predicted octanol–water partition coefficient (Wildman–Crippen LogP) is 3.00. The number of pyridine rings is 1. The van der Waals surface area contributed by atoms with Crippen LogP contribution in [0.1, 0.15) is 16.8 Å². The number of benzene rings is 1. The minimum atomic E-state index is 1.09. The van der Waals surface area contributed by atoms with E-state index in [-0.39, 0.29) is 0 Å². The summed E-state index contributed by atoms with van der Waals surface area (Å²) in [7, 11) is 0. The van der Waals surface area contributed by atoms with Gasteiger partial charge in [0.1, 0.15) is 0 Å². The molecule has 3 rings (SSSR count). The molecular formula is C16H18N2. The van der Waals surface area contributed by atoms with E-state index >= 15 is 0 Å². The van der Waals surface area contributed by atoms with Gasteiger partial charge < -0.3 is 4.90 Å². The van der Waals surface area contributed by atoms with Gasteiger partial charge in [-0.2, -0.15) is 0 Å². The topological polar surface area (TPSA) is 16.1 Å². The molecule has 0 N–H and O–H groups in total. The summed E-state index contributed by atoms with van der Waals surface area (Å²) in [5.74, 6) is 0. The number of nitrogens with zero attached hydrogens (tertiary/aromatic N) is 2. The fraction of sp³-hybridized carbons (Fsp3) is 0.312. The molecule has 0 spiro atoms. The third-order valence-electron chi connectivity index (χ3n) is 3.67. The van der Waals surface area contributed by atoms with E-state index in [0.717, 1.165) is 31.6 Å². The van der Waals surface area contributed by atoms with Gasteiger partial charge in [0.2, 0.25) is 0 Å². The summed E-state index contributed by atoms with van der Waals surface area (Å²) in [6, 6.07) is 13.1. The molecule has 0 radical (unpaired) electrons. The highest BCUT2D eigenvalue weighted by atomic mass is 15.1. The molecule has 0 saturated heterocycles. The van der Waals surface area contributed by atoms with Crippen molar-refractivity contribution in [3.8, 4) is 0 Å². The standard InChI is InChI=1S/C16H18N2/c1-13-12-16(6-9-17-13)18-10-7-14-4-2-3-5-15(14)8-11-18/h2-6,9,12H,7-8,10-11H2,1H3. The maximum absolute atomic E-state index is 4.27. The second-order valence-corrected chi connectivity index (χ2v) is 4.91. The average molecular weight is 238 g/mol. The molecule has 0 unspecified atom stereocenters. The highest BCUT2D eigenvalue weighted by molar-refractivity contribution is 5.48. The Morgan fingerprint density at radius 3 is 2.28 bits per heavy atom. The van der Waals surface area contributed by atoms with Crippen LogP contribution in [0.3, 0.4) is 0 Å². The van der Waals surface area contributed by atoms with Crippen molar-refractivity contribution in [1.29, 1.82) is 0 Å². The van der Waals surface area contributed by atoms with E-state index in [2.05, 4.69) is 53.2 Å². The minimum absolute atomic E-state index is 1.09. The third-order valence-corrected chi connectivity index (χ3v) is 3.67. The van der Waals surface area contributed by atoms with Crippen molar-refractivity contribution in [3.63, 3.8) is 0 Å². The van der Waals surface area contributed by atoms with Crippen LogP contribution in [0, 0.1) is 6.92 Å². The summed E-state index contributed by atoms with van der Waals surface area (Å²) in [6.07, 6.45) is 4.18. The van der Waals surface area contributed by atoms with Crippen LogP contribution in [-0.4, -0.2) is 18.1 Å². The molecule has 0 aliphatic carbocycles. The quantitative estimate of drug-likeness (QED) is 0.759. The molecule has 0 fully saturated rings. The number of rotatable bonds is 1. The van der Waals surface area contributed by atoms with Crippen molar-refractivity contribution < 1.29 is 0 Å². The molecule has 2 heteroatoms. The predicted molar refractivity (Wildman–Crippen MR) is 75.0 cm³/mol. The van der Waals surface area contributed by atoms with E-state index in [0.29, 0.717) is 0 Å². The summed E-state index contributed by atoms with van der Waals surface area (Å²) in [5, 5.41) is 0. The van der Waals surface area contributed by atoms with Crippen LogP contribution in [0.5, 0.6) is 0 Å². The Kier molecular flexibility index (Phi) is 3.01. The van der Waals surface area contributed by atoms with Crippen LogP contribution < -0.4 is 4.90 Å². The molecule has 1 aliphatic rings. The lowest BCUT2D eigenvalue weighted by molar-refractivity contribution is 0.804. The summed E-state index contributed by atoms with van der Waals surface area (Å²) < 4.78 is 0. The van der Waals surface area contributed by atoms with E-state index in [4.69, 9.17) is 0 Å². The first-order valence-corrected chi connectivity index (χ1v) is 6.57. The molecule has 1 aromatic carbocycles. The summed E-state index contributed by atoms with van der Waals surface area (Å²) in [4.78, 5) is 6.74. The smallest absolute Gasteiger partial charge is 0.0400 e. The Hall–Kier alpha value is -1.83. The van der Waals surface area contributed by atoms with E-state index in [9.17, 15) is 0 Å². The molecule has 0 saturated carbocycles. The van der Waals surface area contributed by atoms with Crippen LogP contribution >= 0.6 is 0 Å². The number of hydrogen-bond donors (Lipinski definition) is 0. The zero-order chi connectivity index (χ0) is 12.4. The molecule has 2 nitrogen and oxygen atoms in total. The van der Waals surface area contributed by atoms with Crippen molar-refractivity contribution in [1.82, 2.24) is 4.98 Å². The third kappa shape index (κ3) is 2.23. The number of aromatic nitrogens is 1. The van der Waals surface area contributed by atoms with Crippen molar-refractivity contribution in [2.24, 2.45) is 0 Å². The zero-order valence-electron chi connectivity index (χ0n) is 10.8. The van der Waals surface area contributed by atoms with Crippen molar-refractivity contribution in [3.05, 3.63) is 59.4 Å². The van der Waals surface area contributed by atoms with Gasteiger partial charge in [-0.25, -0.2) is 0 Å². The second kappa shape index (κ2) is 4.81. The van der Waals surface area contributed by atoms with Gasteiger partial charge in [-0.15, -0.1) is 0 Å². The van der Waals surface area contributed by atoms with Gasteiger partial charge in [0.25, 0.3) is 0 Å². The first-order chi connectivity index (χ1) is 8.83. The molecule has 1 aromatic heterocycles. The highest BCUT2D eigenvalue weighted by Crippen LogP contribution is 2.21. The normalized spacial score (nSPS) is 15.1. The van der Waals surface area contributed by atoms with Crippen LogP contribution in [0.4, 0.5) is 5.69 Å². The van der Waals surface area contributed by atoms with Gasteiger partial charge in [0.15, 0.2) is 0 Å². The lowest BCUT2D eigenvalue weighted by Crippen LogP contribution is -2.26. The minimum Gasteiger partial charge on any atom is -0.371 e. The SMILES string of the molecule is Cc1cc(N2CCc3ccccc3CC2)ccn1. The van der Waals surface area contributed by atoms with Gasteiger partial charge >= 0.3 is 0 Å². The second-order valence-electron chi connectivity index (χ2n) is 4.91. The number of hydrogen-bond acceptors (Lipinski definition) is 2. The first kappa shape index (κ1) is 11.3. The molecule has 1 aliphatic heterocycles. The Balaban J connectivity index is 1.83. The van der Waals surface area contributed by atoms with Crippen molar-refractivity contribution in [2.45, 2.75) is 19.8 Å². The van der Waals surface area contributed by atoms with Crippen LogP contribution in [0.25, 0.3) is 0 Å². The zero-order valence-corrected chi connectivity index (χ0v) is 10.8. The van der Waals surface area contributed by atoms with Crippen LogP contribution in [0.2, 0.25) is 0 Å². The number of anilines is 1. The Labute approximate surface area is 108 Å².